The van der Waals surface area contributed by atoms with E-state index < -0.39 is 0 Å². The third kappa shape index (κ3) is 2.67. The number of nitrogens with zero attached hydrogens (tertiary/aromatic N) is 1. The quantitative estimate of drug-likeness (QED) is 0.916. The molecule has 110 valence electrons. The molecule has 0 spiro atoms. The molecule has 1 saturated carbocycles. The molecule has 1 atom stereocenters. The predicted molar refractivity (Wildman–Crippen MR) is 77.5 cm³/mol. The molecule has 2 fully saturated rings. The lowest BCUT2D eigenvalue weighted by Gasteiger charge is -2.43. The maximum absolute atomic E-state index is 13.6. The van der Waals surface area contributed by atoms with E-state index in [-0.39, 0.29) is 5.82 Å². The lowest BCUT2D eigenvalue weighted by atomic mass is 9.76. The van der Waals surface area contributed by atoms with Crippen molar-refractivity contribution in [1.82, 2.24) is 10.2 Å². The minimum atomic E-state index is -0.274. The van der Waals surface area contributed by atoms with Gasteiger partial charge in [0.1, 0.15) is 0 Å². The molecular weight excluding hydrogens is 255 g/mol. The number of rotatable bonds is 4. The zero-order chi connectivity index (χ0) is 13.9. The van der Waals surface area contributed by atoms with Gasteiger partial charge in [-0.05, 0) is 36.5 Å². The molecule has 0 aromatic heterocycles. The average molecular weight is 278 g/mol. The summed E-state index contributed by atoms with van der Waals surface area (Å²) in [6.07, 6.45) is 3.90. The highest BCUT2D eigenvalue weighted by Gasteiger charge is 2.33. The molecule has 2 aliphatic rings. The normalized spacial score (nSPS) is 22.3. The fourth-order valence-corrected chi connectivity index (χ4v) is 3.36. The van der Waals surface area contributed by atoms with Crippen molar-refractivity contribution >= 4 is 0 Å². The maximum atomic E-state index is 13.6. The number of methoxy groups -OCH3 is 1. The van der Waals surface area contributed by atoms with E-state index in [2.05, 4.69) is 10.2 Å². The number of piperazine rings is 1. The number of hydrogen-bond acceptors (Lipinski definition) is 3. The Labute approximate surface area is 120 Å². The Morgan fingerprint density at radius 1 is 1.30 bits per heavy atom. The Balaban J connectivity index is 1.87. The van der Waals surface area contributed by atoms with Gasteiger partial charge in [-0.2, -0.15) is 0 Å². The van der Waals surface area contributed by atoms with Crippen molar-refractivity contribution in [3.8, 4) is 5.75 Å². The van der Waals surface area contributed by atoms with Gasteiger partial charge in [0, 0.05) is 32.2 Å². The van der Waals surface area contributed by atoms with Crippen LogP contribution in [0.5, 0.6) is 5.75 Å². The monoisotopic (exact) mass is 278 g/mol. The molecule has 1 aromatic carbocycles. The van der Waals surface area contributed by atoms with E-state index >= 15 is 0 Å². The molecule has 0 bridgehead atoms. The summed E-state index contributed by atoms with van der Waals surface area (Å²) in [7, 11) is 1.53. The number of ether oxygens (including phenoxy) is 1. The van der Waals surface area contributed by atoms with E-state index in [9.17, 15) is 4.39 Å². The minimum absolute atomic E-state index is 0.274. The molecular formula is C16H23FN2O. The molecule has 20 heavy (non-hydrogen) atoms. The van der Waals surface area contributed by atoms with Gasteiger partial charge in [0.15, 0.2) is 11.6 Å². The van der Waals surface area contributed by atoms with Gasteiger partial charge in [-0.3, -0.25) is 4.90 Å². The number of hydrogen-bond donors (Lipinski definition) is 1. The molecule has 1 N–H and O–H groups in total. The van der Waals surface area contributed by atoms with Crippen molar-refractivity contribution in [1.29, 1.82) is 0 Å². The minimum Gasteiger partial charge on any atom is -0.494 e. The second-order valence-electron chi connectivity index (χ2n) is 5.82. The summed E-state index contributed by atoms with van der Waals surface area (Å²) >= 11 is 0. The molecule has 4 heteroatoms. The van der Waals surface area contributed by atoms with Crippen molar-refractivity contribution in [2.24, 2.45) is 5.92 Å². The Bertz CT molecular complexity index is 456. The third-order valence-corrected chi connectivity index (χ3v) is 4.66. The van der Waals surface area contributed by atoms with E-state index in [1.54, 1.807) is 6.07 Å². The van der Waals surface area contributed by atoms with E-state index in [1.165, 1.54) is 31.9 Å². The molecule has 1 heterocycles. The van der Waals surface area contributed by atoms with Gasteiger partial charge in [-0.25, -0.2) is 4.39 Å². The van der Waals surface area contributed by atoms with Crippen molar-refractivity contribution in [3.63, 3.8) is 0 Å². The van der Waals surface area contributed by atoms with Gasteiger partial charge in [0.25, 0.3) is 0 Å². The molecule has 1 saturated heterocycles. The highest BCUT2D eigenvalue weighted by atomic mass is 19.1. The van der Waals surface area contributed by atoms with Gasteiger partial charge >= 0.3 is 0 Å². The Hall–Kier alpha value is -1.13. The summed E-state index contributed by atoms with van der Waals surface area (Å²) in [5, 5.41) is 3.40. The van der Waals surface area contributed by atoms with Crippen molar-refractivity contribution in [2.75, 3.05) is 33.3 Å². The Morgan fingerprint density at radius 3 is 2.65 bits per heavy atom. The fraction of sp³-hybridized carbons (Fsp3) is 0.625. The first kappa shape index (κ1) is 13.8. The van der Waals surface area contributed by atoms with E-state index in [1.807, 2.05) is 12.1 Å². The van der Waals surface area contributed by atoms with E-state index in [0.717, 1.165) is 26.2 Å². The van der Waals surface area contributed by atoms with E-state index in [0.29, 0.717) is 17.7 Å². The predicted octanol–water partition coefficient (Wildman–Crippen LogP) is 2.58. The Kier molecular flexibility index (Phi) is 4.22. The second-order valence-corrected chi connectivity index (χ2v) is 5.82. The van der Waals surface area contributed by atoms with Gasteiger partial charge in [-0.15, -0.1) is 0 Å². The molecule has 3 nitrogen and oxygen atoms in total. The van der Waals surface area contributed by atoms with Crippen molar-refractivity contribution in [3.05, 3.63) is 29.6 Å². The molecule has 1 aliphatic carbocycles. The van der Waals surface area contributed by atoms with Crippen LogP contribution in [0.4, 0.5) is 4.39 Å². The largest absolute Gasteiger partial charge is 0.494 e. The van der Waals surface area contributed by atoms with Crippen LogP contribution in [0.15, 0.2) is 18.2 Å². The molecule has 0 unspecified atom stereocenters. The summed E-state index contributed by atoms with van der Waals surface area (Å²) in [5.41, 5.74) is 1.20. The van der Waals surface area contributed by atoms with Crippen LogP contribution in [0.1, 0.15) is 30.9 Å². The van der Waals surface area contributed by atoms with Gasteiger partial charge in [0.2, 0.25) is 0 Å². The topological polar surface area (TPSA) is 24.5 Å². The first-order valence-electron chi connectivity index (χ1n) is 7.58. The fourth-order valence-electron chi connectivity index (χ4n) is 3.36. The van der Waals surface area contributed by atoms with Gasteiger partial charge in [0.05, 0.1) is 7.11 Å². The summed E-state index contributed by atoms with van der Waals surface area (Å²) < 4.78 is 18.8. The van der Waals surface area contributed by atoms with Crippen LogP contribution in [-0.4, -0.2) is 38.2 Å². The molecule has 3 rings (SSSR count). The summed E-state index contributed by atoms with van der Waals surface area (Å²) in [5.74, 6) is 0.800. The molecule has 0 amide bonds. The van der Waals surface area contributed by atoms with Crippen molar-refractivity contribution in [2.45, 2.75) is 25.3 Å². The highest BCUT2D eigenvalue weighted by molar-refractivity contribution is 5.33. The van der Waals surface area contributed by atoms with Crippen LogP contribution in [-0.2, 0) is 0 Å². The van der Waals surface area contributed by atoms with Crippen LogP contribution in [0.3, 0.4) is 0 Å². The average Bonchev–Trinajstić information content (AvgIpc) is 2.44. The van der Waals surface area contributed by atoms with Crippen LogP contribution < -0.4 is 10.1 Å². The van der Waals surface area contributed by atoms with Crippen LogP contribution in [0.2, 0.25) is 0 Å². The van der Waals surface area contributed by atoms with E-state index in [4.69, 9.17) is 4.74 Å². The van der Waals surface area contributed by atoms with Crippen LogP contribution >= 0.6 is 0 Å². The first-order chi connectivity index (χ1) is 9.79. The van der Waals surface area contributed by atoms with Crippen LogP contribution in [0, 0.1) is 11.7 Å². The zero-order valence-corrected chi connectivity index (χ0v) is 12.1. The summed E-state index contributed by atoms with van der Waals surface area (Å²) in [4.78, 5) is 2.55. The second kappa shape index (κ2) is 6.10. The maximum Gasteiger partial charge on any atom is 0.165 e. The van der Waals surface area contributed by atoms with Crippen LogP contribution in [0.25, 0.3) is 0 Å². The van der Waals surface area contributed by atoms with Crippen molar-refractivity contribution < 1.29 is 9.13 Å². The molecule has 1 aliphatic heterocycles. The number of halogens is 1. The van der Waals surface area contributed by atoms with Gasteiger partial charge < -0.3 is 10.1 Å². The Morgan fingerprint density at radius 2 is 2.05 bits per heavy atom. The SMILES string of the molecule is COc1cc([C@@H](C2CCC2)N2CCNCC2)ccc1F. The number of nitrogens with one attached hydrogen (secondary N) is 1. The third-order valence-electron chi connectivity index (χ3n) is 4.66. The molecule has 0 radical (unpaired) electrons. The van der Waals surface area contributed by atoms with Gasteiger partial charge in [-0.1, -0.05) is 12.5 Å². The highest BCUT2D eigenvalue weighted by Crippen LogP contribution is 2.42. The summed E-state index contributed by atoms with van der Waals surface area (Å²) in [6, 6.07) is 5.78. The lowest BCUT2D eigenvalue weighted by molar-refractivity contribution is 0.0835. The first-order valence-corrected chi connectivity index (χ1v) is 7.58. The lowest BCUT2D eigenvalue weighted by Crippen LogP contribution is -2.47. The smallest absolute Gasteiger partial charge is 0.165 e. The number of benzene rings is 1. The standard InChI is InChI=1S/C16H23FN2O/c1-20-15-11-13(5-6-14(15)17)16(12-3-2-4-12)19-9-7-18-8-10-19/h5-6,11-12,16,18H,2-4,7-10H2,1H3/t16-/m1/s1. The molecule has 1 aromatic rings. The zero-order valence-electron chi connectivity index (χ0n) is 12.1. The summed E-state index contributed by atoms with van der Waals surface area (Å²) in [6.45, 7) is 4.23.